The van der Waals surface area contributed by atoms with Gasteiger partial charge in [-0.1, -0.05) is 26.0 Å². The van der Waals surface area contributed by atoms with Gasteiger partial charge in [-0.15, -0.1) is 0 Å². The Balaban J connectivity index is 2.96. The van der Waals surface area contributed by atoms with E-state index >= 15 is 0 Å². The molecule has 1 rings (SSSR count). The van der Waals surface area contributed by atoms with Crippen LogP contribution in [0.25, 0.3) is 0 Å². The van der Waals surface area contributed by atoms with Crippen molar-refractivity contribution < 1.29 is 38.1 Å². The van der Waals surface area contributed by atoms with Crippen molar-refractivity contribution in [1.82, 2.24) is 16.0 Å². The van der Waals surface area contributed by atoms with Crippen molar-refractivity contribution in [3.8, 4) is 5.75 Å². The predicted molar refractivity (Wildman–Crippen MR) is 115 cm³/mol. The first-order chi connectivity index (χ1) is 14.7. The highest BCUT2D eigenvalue weighted by Crippen LogP contribution is 2.37. The van der Waals surface area contributed by atoms with E-state index in [0.29, 0.717) is 5.56 Å². The number of benzene rings is 1. The Labute approximate surface area is 186 Å². The molecule has 1 aromatic rings. The van der Waals surface area contributed by atoms with Gasteiger partial charge in [-0.2, -0.15) is 0 Å². The van der Waals surface area contributed by atoms with E-state index in [-0.39, 0.29) is 23.9 Å². The Morgan fingerprint density at radius 3 is 1.94 bits per heavy atom. The molecule has 0 aromatic heterocycles. The molecule has 0 radical (unpaired) electrons. The summed E-state index contributed by atoms with van der Waals surface area (Å²) in [5.41, 5.74) is 0.577. The van der Waals surface area contributed by atoms with E-state index in [2.05, 4.69) is 20.5 Å². The zero-order valence-electron chi connectivity index (χ0n) is 18.6. The quantitative estimate of drug-likeness (QED) is 0.289. The molecule has 3 amide bonds. The molecule has 178 valence electrons. The standard InChI is InChI=1S/C20H30N3O8P/c1-11(2)18(20(27)21-12(3)13(4)24)23-19(26)17(22-14(5)25)10-15-6-8-16(9-7-15)31-32(28,29)30/h6-9,11-12,17-18H,10H2,1-5H3,(H,21,27)(H,22,25)(H,23,26)(H2,28,29,30)/t12-,17-,18-/m0/s1. The van der Waals surface area contributed by atoms with Crippen LogP contribution in [0.2, 0.25) is 0 Å². The molecular formula is C20H30N3O8P. The van der Waals surface area contributed by atoms with Gasteiger partial charge in [0.15, 0.2) is 5.78 Å². The largest absolute Gasteiger partial charge is 0.524 e. The maximum absolute atomic E-state index is 12.9. The highest BCUT2D eigenvalue weighted by atomic mass is 31.2. The first kappa shape index (κ1) is 27.3. The molecule has 0 unspecified atom stereocenters. The van der Waals surface area contributed by atoms with Crippen LogP contribution in [-0.4, -0.2) is 51.4 Å². The van der Waals surface area contributed by atoms with Crippen molar-refractivity contribution in [1.29, 1.82) is 0 Å². The summed E-state index contributed by atoms with van der Waals surface area (Å²) in [4.78, 5) is 66.2. The smallest absolute Gasteiger partial charge is 0.404 e. The number of phosphoric ester groups is 1. The lowest BCUT2D eigenvalue weighted by Gasteiger charge is -2.26. The molecule has 1 aromatic carbocycles. The highest BCUT2D eigenvalue weighted by Gasteiger charge is 2.29. The molecule has 0 spiro atoms. The average molecular weight is 471 g/mol. The molecule has 0 saturated heterocycles. The van der Waals surface area contributed by atoms with Gasteiger partial charge in [0, 0.05) is 13.3 Å². The third kappa shape index (κ3) is 9.59. The normalized spacial score (nSPS) is 14.1. The average Bonchev–Trinajstić information content (AvgIpc) is 2.64. The number of carbonyl (C=O) groups is 4. The number of nitrogens with one attached hydrogen (secondary N) is 3. The van der Waals surface area contributed by atoms with Crippen LogP contribution in [0.5, 0.6) is 5.75 Å². The second-order valence-electron chi connectivity index (χ2n) is 7.75. The van der Waals surface area contributed by atoms with Gasteiger partial charge in [0.25, 0.3) is 0 Å². The fourth-order valence-corrected chi connectivity index (χ4v) is 3.10. The van der Waals surface area contributed by atoms with Crippen molar-refractivity contribution >= 4 is 31.3 Å². The number of rotatable bonds is 11. The lowest BCUT2D eigenvalue weighted by Crippen LogP contribution is -2.57. The summed E-state index contributed by atoms with van der Waals surface area (Å²) < 4.78 is 15.4. The van der Waals surface area contributed by atoms with E-state index in [9.17, 15) is 23.7 Å². The summed E-state index contributed by atoms with van der Waals surface area (Å²) in [5, 5.41) is 7.71. The molecule has 0 saturated carbocycles. The maximum Gasteiger partial charge on any atom is 0.524 e. The summed E-state index contributed by atoms with van der Waals surface area (Å²) >= 11 is 0. The van der Waals surface area contributed by atoms with E-state index in [0.717, 1.165) is 0 Å². The van der Waals surface area contributed by atoms with Crippen LogP contribution in [0.1, 0.15) is 40.2 Å². The van der Waals surface area contributed by atoms with Gasteiger partial charge in [0.2, 0.25) is 17.7 Å². The number of hydrogen-bond acceptors (Lipinski definition) is 6. The summed E-state index contributed by atoms with van der Waals surface area (Å²) in [6.45, 7) is 7.60. The van der Waals surface area contributed by atoms with Gasteiger partial charge in [-0.05, 0) is 37.5 Å². The summed E-state index contributed by atoms with van der Waals surface area (Å²) in [7, 11) is -4.70. The number of Topliss-reactive ketones (excluding diaryl/α,β-unsaturated/α-hetero) is 1. The van der Waals surface area contributed by atoms with E-state index < -0.39 is 43.7 Å². The highest BCUT2D eigenvalue weighted by molar-refractivity contribution is 7.46. The van der Waals surface area contributed by atoms with Crippen LogP contribution < -0.4 is 20.5 Å². The lowest BCUT2D eigenvalue weighted by molar-refractivity contribution is -0.133. The number of hydrogen-bond donors (Lipinski definition) is 5. The van der Waals surface area contributed by atoms with Gasteiger partial charge < -0.3 is 20.5 Å². The van der Waals surface area contributed by atoms with Gasteiger partial charge in [0.05, 0.1) is 6.04 Å². The minimum absolute atomic E-state index is 0.0535. The first-order valence-corrected chi connectivity index (χ1v) is 11.4. The van der Waals surface area contributed by atoms with Crippen LogP contribution in [-0.2, 0) is 30.2 Å². The summed E-state index contributed by atoms with van der Waals surface area (Å²) in [6, 6.07) is 2.98. The molecule has 0 heterocycles. The summed E-state index contributed by atoms with van der Waals surface area (Å²) in [5.74, 6) is -2.15. The Morgan fingerprint density at radius 2 is 1.50 bits per heavy atom. The van der Waals surface area contributed by atoms with Gasteiger partial charge >= 0.3 is 7.82 Å². The Kier molecular flexibility index (Phi) is 10.0. The number of carbonyl (C=O) groups excluding carboxylic acids is 4. The molecular weight excluding hydrogens is 441 g/mol. The minimum Gasteiger partial charge on any atom is -0.404 e. The van der Waals surface area contributed by atoms with E-state index in [4.69, 9.17) is 9.79 Å². The fourth-order valence-electron chi connectivity index (χ4n) is 2.71. The van der Waals surface area contributed by atoms with Crippen LogP contribution in [0.4, 0.5) is 0 Å². The molecule has 32 heavy (non-hydrogen) atoms. The molecule has 11 nitrogen and oxygen atoms in total. The SMILES string of the molecule is CC(=O)N[C@@H](Cc1ccc(OP(=O)(O)O)cc1)C(=O)N[C@H](C(=O)N[C@@H](C)C(C)=O)C(C)C. The molecule has 0 fully saturated rings. The number of phosphoric acid groups is 1. The van der Waals surface area contributed by atoms with Crippen molar-refractivity contribution in [2.45, 2.75) is 59.2 Å². The molecule has 0 aliphatic carbocycles. The maximum atomic E-state index is 12.9. The van der Waals surface area contributed by atoms with Gasteiger partial charge in [-0.3, -0.25) is 29.0 Å². The van der Waals surface area contributed by atoms with Crippen LogP contribution in [0, 0.1) is 5.92 Å². The van der Waals surface area contributed by atoms with Crippen molar-refractivity contribution in [3.05, 3.63) is 29.8 Å². The Morgan fingerprint density at radius 1 is 0.938 bits per heavy atom. The number of amides is 3. The zero-order chi connectivity index (χ0) is 24.6. The van der Waals surface area contributed by atoms with E-state index in [1.54, 1.807) is 20.8 Å². The predicted octanol–water partition coefficient (Wildman–Crippen LogP) is 0.440. The third-order valence-electron chi connectivity index (χ3n) is 4.50. The number of ketones is 1. The first-order valence-electron chi connectivity index (χ1n) is 9.92. The molecule has 3 atom stereocenters. The van der Waals surface area contributed by atoms with Crippen LogP contribution in [0.3, 0.4) is 0 Å². The van der Waals surface area contributed by atoms with Crippen molar-refractivity contribution in [2.24, 2.45) is 5.92 Å². The lowest BCUT2D eigenvalue weighted by atomic mass is 10.0. The van der Waals surface area contributed by atoms with Crippen LogP contribution in [0.15, 0.2) is 24.3 Å². The van der Waals surface area contributed by atoms with Gasteiger partial charge in [-0.25, -0.2) is 4.57 Å². The Bertz CT molecular complexity index is 881. The van der Waals surface area contributed by atoms with E-state index in [1.807, 2.05) is 0 Å². The topological polar surface area (TPSA) is 171 Å². The zero-order valence-corrected chi connectivity index (χ0v) is 19.5. The Hall–Kier alpha value is -2.75. The van der Waals surface area contributed by atoms with Crippen molar-refractivity contribution in [3.63, 3.8) is 0 Å². The van der Waals surface area contributed by atoms with Crippen LogP contribution >= 0.6 is 7.82 Å². The third-order valence-corrected chi connectivity index (χ3v) is 4.95. The minimum atomic E-state index is -4.70. The molecule has 0 aliphatic rings. The van der Waals surface area contributed by atoms with E-state index in [1.165, 1.54) is 38.1 Å². The second kappa shape index (κ2) is 11.8. The molecule has 0 aliphatic heterocycles. The molecule has 0 bridgehead atoms. The second-order valence-corrected chi connectivity index (χ2v) is 8.92. The monoisotopic (exact) mass is 471 g/mol. The fraction of sp³-hybridized carbons (Fsp3) is 0.500. The van der Waals surface area contributed by atoms with Crippen molar-refractivity contribution in [2.75, 3.05) is 0 Å². The van der Waals surface area contributed by atoms with Gasteiger partial charge in [0.1, 0.15) is 17.8 Å². The molecule has 5 N–H and O–H groups in total. The summed E-state index contributed by atoms with van der Waals surface area (Å²) in [6.07, 6.45) is 0.0535. The molecule has 12 heteroatoms.